The third kappa shape index (κ3) is 4.30. The Bertz CT molecular complexity index is 148. The van der Waals surface area contributed by atoms with E-state index in [1.807, 2.05) is 0 Å². The van der Waals surface area contributed by atoms with Gasteiger partial charge in [0, 0.05) is 6.92 Å². The van der Waals surface area contributed by atoms with Crippen LogP contribution in [0.15, 0.2) is 0 Å². The Morgan fingerprint density at radius 2 is 1.77 bits per heavy atom. The number of carbonyl (C=O) groups is 1. The molecule has 0 spiro atoms. The summed E-state index contributed by atoms with van der Waals surface area (Å²) in [5, 5.41) is 0. The number of ether oxygens (including phenoxy) is 1. The summed E-state index contributed by atoms with van der Waals surface area (Å²) in [7, 11) is 0. The Labute approximate surface area is 81.7 Å². The van der Waals surface area contributed by atoms with Gasteiger partial charge in [-0.05, 0) is 25.7 Å². The highest BCUT2D eigenvalue weighted by Gasteiger charge is 2.28. The van der Waals surface area contributed by atoms with Crippen molar-refractivity contribution in [1.29, 1.82) is 0 Å². The molecule has 13 heavy (non-hydrogen) atoms. The Morgan fingerprint density at radius 3 is 2.08 bits per heavy atom. The smallest absolute Gasteiger partial charge is 0.303 e. The molecule has 0 fully saturated rings. The van der Waals surface area contributed by atoms with E-state index in [1.54, 1.807) is 0 Å². The van der Waals surface area contributed by atoms with Crippen LogP contribution < -0.4 is 0 Å². The normalized spacial score (nSPS) is 11.4. The maximum atomic E-state index is 10.9. The SMILES string of the molecule is CCCCC(CC)(CC)OC(C)=O. The first-order chi connectivity index (χ1) is 6.10. The molecular formula is C11H22O2. The van der Waals surface area contributed by atoms with E-state index < -0.39 is 0 Å². The Morgan fingerprint density at radius 1 is 1.23 bits per heavy atom. The van der Waals surface area contributed by atoms with Crippen LogP contribution in [0, 0.1) is 0 Å². The van der Waals surface area contributed by atoms with E-state index >= 15 is 0 Å². The first-order valence-electron chi connectivity index (χ1n) is 5.29. The fourth-order valence-corrected chi connectivity index (χ4v) is 1.60. The van der Waals surface area contributed by atoms with Crippen molar-refractivity contribution in [1.82, 2.24) is 0 Å². The quantitative estimate of drug-likeness (QED) is 0.595. The summed E-state index contributed by atoms with van der Waals surface area (Å²) in [5.41, 5.74) is -0.193. The lowest BCUT2D eigenvalue weighted by Gasteiger charge is -2.31. The van der Waals surface area contributed by atoms with Crippen LogP contribution in [0.1, 0.15) is 59.8 Å². The van der Waals surface area contributed by atoms with Crippen molar-refractivity contribution < 1.29 is 9.53 Å². The molecule has 0 rings (SSSR count). The average Bonchev–Trinajstić information content (AvgIpc) is 2.12. The molecule has 0 aromatic heterocycles. The van der Waals surface area contributed by atoms with Crippen molar-refractivity contribution in [2.24, 2.45) is 0 Å². The highest BCUT2D eigenvalue weighted by Crippen LogP contribution is 2.27. The zero-order valence-electron chi connectivity index (χ0n) is 9.35. The Kier molecular flexibility index (Phi) is 5.76. The molecule has 0 atom stereocenters. The second-order valence-electron chi connectivity index (χ2n) is 3.59. The maximum Gasteiger partial charge on any atom is 0.303 e. The minimum Gasteiger partial charge on any atom is -0.459 e. The van der Waals surface area contributed by atoms with Crippen LogP contribution in [-0.4, -0.2) is 11.6 Å². The predicted octanol–water partition coefficient (Wildman–Crippen LogP) is 3.30. The van der Waals surface area contributed by atoms with E-state index in [0.29, 0.717) is 0 Å². The van der Waals surface area contributed by atoms with Gasteiger partial charge in [-0.2, -0.15) is 0 Å². The van der Waals surface area contributed by atoms with Crippen molar-refractivity contribution in [3.63, 3.8) is 0 Å². The third-order valence-electron chi connectivity index (χ3n) is 2.63. The zero-order valence-corrected chi connectivity index (χ0v) is 9.35. The van der Waals surface area contributed by atoms with Gasteiger partial charge in [-0.1, -0.05) is 27.2 Å². The van der Waals surface area contributed by atoms with Gasteiger partial charge in [-0.25, -0.2) is 0 Å². The van der Waals surface area contributed by atoms with Gasteiger partial charge in [0.15, 0.2) is 0 Å². The Balaban J connectivity index is 4.21. The van der Waals surface area contributed by atoms with Gasteiger partial charge in [0.1, 0.15) is 5.60 Å². The van der Waals surface area contributed by atoms with E-state index in [9.17, 15) is 4.79 Å². The molecule has 0 aromatic carbocycles. The summed E-state index contributed by atoms with van der Waals surface area (Å²) < 4.78 is 5.40. The van der Waals surface area contributed by atoms with Crippen LogP contribution in [0.5, 0.6) is 0 Å². The molecule has 0 aliphatic heterocycles. The highest BCUT2D eigenvalue weighted by atomic mass is 16.6. The molecule has 78 valence electrons. The van der Waals surface area contributed by atoms with Gasteiger partial charge in [0.2, 0.25) is 0 Å². The molecule has 0 aromatic rings. The van der Waals surface area contributed by atoms with Crippen LogP contribution in [0.2, 0.25) is 0 Å². The fourth-order valence-electron chi connectivity index (χ4n) is 1.60. The molecule has 0 unspecified atom stereocenters. The summed E-state index contributed by atoms with van der Waals surface area (Å²) in [4.78, 5) is 10.9. The molecule has 0 saturated carbocycles. The summed E-state index contributed by atoms with van der Waals surface area (Å²) in [5.74, 6) is -0.153. The summed E-state index contributed by atoms with van der Waals surface area (Å²) >= 11 is 0. The summed E-state index contributed by atoms with van der Waals surface area (Å²) in [6, 6.07) is 0. The van der Waals surface area contributed by atoms with Crippen LogP contribution >= 0.6 is 0 Å². The second-order valence-corrected chi connectivity index (χ2v) is 3.59. The van der Waals surface area contributed by atoms with Crippen molar-refractivity contribution in [2.45, 2.75) is 65.4 Å². The first kappa shape index (κ1) is 12.5. The van der Waals surface area contributed by atoms with Crippen molar-refractivity contribution in [3.05, 3.63) is 0 Å². The minimum absolute atomic E-state index is 0.153. The molecule has 0 aliphatic rings. The fraction of sp³-hybridized carbons (Fsp3) is 0.909. The van der Waals surface area contributed by atoms with E-state index in [2.05, 4.69) is 20.8 Å². The van der Waals surface area contributed by atoms with E-state index in [4.69, 9.17) is 4.74 Å². The van der Waals surface area contributed by atoms with Gasteiger partial charge < -0.3 is 4.74 Å². The van der Waals surface area contributed by atoms with Crippen LogP contribution in [0.25, 0.3) is 0 Å². The number of hydrogen-bond donors (Lipinski definition) is 0. The molecule has 0 saturated heterocycles. The monoisotopic (exact) mass is 186 g/mol. The maximum absolute atomic E-state index is 10.9. The molecular weight excluding hydrogens is 164 g/mol. The molecule has 0 N–H and O–H groups in total. The van der Waals surface area contributed by atoms with Crippen molar-refractivity contribution >= 4 is 5.97 Å². The average molecular weight is 186 g/mol. The molecule has 0 amide bonds. The first-order valence-corrected chi connectivity index (χ1v) is 5.29. The lowest BCUT2D eigenvalue weighted by atomic mass is 9.91. The molecule has 0 heterocycles. The van der Waals surface area contributed by atoms with E-state index in [1.165, 1.54) is 6.92 Å². The van der Waals surface area contributed by atoms with E-state index in [-0.39, 0.29) is 11.6 Å². The molecule has 0 bridgehead atoms. The van der Waals surface area contributed by atoms with E-state index in [0.717, 1.165) is 32.1 Å². The number of unbranched alkanes of at least 4 members (excludes halogenated alkanes) is 1. The zero-order chi connectivity index (χ0) is 10.3. The lowest BCUT2D eigenvalue weighted by molar-refractivity contribution is -0.158. The van der Waals surface area contributed by atoms with Gasteiger partial charge >= 0.3 is 5.97 Å². The number of esters is 1. The second kappa shape index (κ2) is 6.01. The largest absolute Gasteiger partial charge is 0.459 e. The highest BCUT2D eigenvalue weighted by molar-refractivity contribution is 5.66. The van der Waals surface area contributed by atoms with Crippen molar-refractivity contribution in [2.75, 3.05) is 0 Å². The standard InChI is InChI=1S/C11H22O2/c1-5-8-9-11(6-2,7-3)13-10(4)12/h5-9H2,1-4H3. The predicted molar refractivity (Wildman–Crippen MR) is 54.6 cm³/mol. The van der Waals surface area contributed by atoms with Gasteiger partial charge in [0.05, 0.1) is 0 Å². The molecule has 0 aliphatic carbocycles. The van der Waals surface area contributed by atoms with Crippen LogP contribution in [0.4, 0.5) is 0 Å². The van der Waals surface area contributed by atoms with Gasteiger partial charge in [0.25, 0.3) is 0 Å². The van der Waals surface area contributed by atoms with Crippen LogP contribution in [0.3, 0.4) is 0 Å². The van der Waals surface area contributed by atoms with Crippen molar-refractivity contribution in [3.8, 4) is 0 Å². The number of carbonyl (C=O) groups excluding carboxylic acids is 1. The van der Waals surface area contributed by atoms with Gasteiger partial charge in [-0.3, -0.25) is 4.79 Å². The summed E-state index contributed by atoms with van der Waals surface area (Å²) in [6.07, 6.45) is 5.13. The molecule has 2 heteroatoms. The number of hydrogen-bond acceptors (Lipinski definition) is 2. The third-order valence-corrected chi connectivity index (χ3v) is 2.63. The topological polar surface area (TPSA) is 26.3 Å². The molecule has 0 radical (unpaired) electrons. The Hall–Kier alpha value is -0.530. The number of rotatable bonds is 6. The minimum atomic E-state index is -0.193. The summed E-state index contributed by atoms with van der Waals surface area (Å²) in [6.45, 7) is 7.82. The van der Waals surface area contributed by atoms with Crippen LogP contribution in [-0.2, 0) is 9.53 Å². The lowest BCUT2D eigenvalue weighted by Crippen LogP contribution is -2.33. The van der Waals surface area contributed by atoms with Gasteiger partial charge in [-0.15, -0.1) is 0 Å². The molecule has 2 nitrogen and oxygen atoms in total.